The number of carbonyl (C=O) groups is 1. The molecule has 94 valence electrons. The monoisotopic (exact) mass is 230 g/mol. The van der Waals surface area contributed by atoms with Gasteiger partial charge in [0.25, 0.3) is 0 Å². The standard InChI is InChI=1S/C11H22N2O3/c1-11(2,3)16-10(14)13-8-7-12-6-5-9(8)15-4/h8-9,12H,5-7H2,1-4H3,(H,13,14)/t8-,9+/m1/s1. The topological polar surface area (TPSA) is 59.6 Å². The predicted octanol–water partition coefficient (Wildman–Crippen LogP) is 0.888. The molecule has 1 amide bonds. The van der Waals surface area contributed by atoms with Gasteiger partial charge >= 0.3 is 6.09 Å². The molecule has 0 aromatic heterocycles. The first kappa shape index (κ1) is 13.3. The summed E-state index contributed by atoms with van der Waals surface area (Å²) in [6.45, 7) is 7.18. The molecule has 1 heterocycles. The Kier molecular flexibility index (Phi) is 4.56. The summed E-state index contributed by atoms with van der Waals surface area (Å²) in [6, 6.07) is -0.0198. The molecule has 0 spiro atoms. The van der Waals surface area contributed by atoms with E-state index in [1.165, 1.54) is 0 Å². The molecule has 0 bridgehead atoms. The molecular weight excluding hydrogens is 208 g/mol. The van der Waals surface area contributed by atoms with E-state index in [9.17, 15) is 4.79 Å². The number of rotatable bonds is 2. The second-order valence-corrected chi connectivity index (χ2v) is 5.02. The molecule has 1 aliphatic rings. The summed E-state index contributed by atoms with van der Waals surface area (Å²) in [5.41, 5.74) is -0.464. The molecule has 0 saturated carbocycles. The van der Waals surface area contributed by atoms with E-state index in [1.807, 2.05) is 20.8 Å². The second-order valence-electron chi connectivity index (χ2n) is 5.02. The molecule has 0 aromatic rings. The van der Waals surface area contributed by atoms with Gasteiger partial charge in [0.05, 0.1) is 12.1 Å². The van der Waals surface area contributed by atoms with Crippen LogP contribution in [0.1, 0.15) is 27.2 Å². The fraction of sp³-hybridized carbons (Fsp3) is 0.909. The zero-order chi connectivity index (χ0) is 12.2. The Bertz CT molecular complexity index is 238. The molecule has 5 heteroatoms. The first-order chi connectivity index (χ1) is 7.42. The van der Waals surface area contributed by atoms with E-state index >= 15 is 0 Å². The van der Waals surface area contributed by atoms with Crippen molar-refractivity contribution in [2.75, 3.05) is 20.2 Å². The van der Waals surface area contributed by atoms with E-state index in [-0.39, 0.29) is 18.2 Å². The lowest BCUT2D eigenvalue weighted by Crippen LogP contribution is -2.55. The molecular formula is C11H22N2O3. The van der Waals surface area contributed by atoms with Crippen LogP contribution in [-0.2, 0) is 9.47 Å². The van der Waals surface area contributed by atoms with Gasteiger partial charge in [0.1, 0.15) is 5.60 Å². The van der Waals surface area contributed by atoms with Crippen molar-refractivity contribution in [2.45, 2.75) is 44.9 Å². The summed E-state index contributed by atoms with van der Waals surface area (Å²) in [5.74, 6) is 0. The molecule has 16 heavy (non-hydrogen) atoms. The minimum absolute atomic E-state index is 0.0198. The summed E-state index contributed by atoms with van der Waals surface area (Å²) >= 11 is 0. The van der Waals surface area contributed by atoms with Crippen LogP contribution in [0, 0.1) is 0 Å². The van der Waals surface area contributed by atoms with Gasteiger partial charge in [-0.2, -0.15) is 0 Å². The lowest BCUT2D eigenvalue weighted by atomic mass is 10.0. The summed E-state index contributed by atoms with van der Waals surface area (Å²) < 4.78 is 10.5. The maximum Gasteiger partial charge on any atom is 0.408 e. The number of methoxy groups -OCH3 is 1. The highest BCUT2D eigenvalue weighted by molar-refractivity contribution is 5.68. The maximum atomic E-state index is 11.6. The first-order valence-electron chi connectivity index (χ1n) is 5.65. The molecule has 2 atom stereocenters. The second kappa shape index (κ2) is 5.50. The highest BCUT2D eigenvalue weighted by Gasteiger charge is 2.27. The quantitative estimate of drug-likeness (QED) is 0.739. The minimum atomic E-state index is -0.464. The number of ether oxygens (including phenoxy) is 2. The first-order valence-corrected chi connectivity index (χ1v) is 5.65. The third-order valence-corrected chi connectivity index (χ3v) is 2.42. The smallest absolute Gasteiger partial charge is 0.408 e. The molecule has 1 saturated heterocycles. The molecule has 0 aliphatic carbocycles. The molecule has 5 nitrogen and oxygen atoms in total. The van der Waals surface area contributed by atoms with E-state index in [0.717, 1.165) is 19.5 Å². The van der Waals surface area contributed by atoms with Crippen molar-refractivity contribution in [3.63, 3.8) is 0 Å². The van der Waals surface area contributed by atoms with Crippen LogP contribution in [0.25, 0.3) is 0 Å². The molecule has 1 aliphatic heterocycles. The fourth-order valence-corrected chi connectivity index (χ4v) is 1.72. The number of carbonyl (C=O) groups excluding carboxylic acids is 1. The molecule has 2 N–H and O–H groups in total. The average Bonchev–Trinajstić information content (AvgIpc) is 2.15. The number of nitrogens with one attached hydrogen (secondary N) is 2. The Morgan fingerprint density at radius 1 is 1.44 bits per heavy atom. The minimum Gasteiger partial charge on any atom is -0.444 e. The Morgan fingerprint density at radius 3 is 2.69 bits per heavy atom. The van der Waals surface area contributed by atoms with Crippen molar-refractivity contribution in [3.8, 4) is 0 Å². The molecule has 1 fully saturated rings. The fourth-order valence-electron chi connectivity index (χ4n) is 1.72. The number of hydrogen-bond acceptors (Lipinski definition) is 4. The largest absolute Gasteiger partial charge is 0.444 e. The number of amides is 1. The molecule has 0 aromatic carbocycles. The lowest BCUT2D eigenvalue weighted by molar-refractivity contribution is 0.0250. The van der Waals surface area contributed by atoms with Crippen LogP contribution >= 0.6 is 0 Å². The number of hydrogen-bond donors (Lipinski definition) is 2. The van der Waals surface area contributed by atoms with Gasteiger partial charge in [-0.1, -0.05) is 0 Å². The molecule has 1 rings (SSSR count). The van der Waals surface area contributed by atoms with Gasteiger partial charge in [-0.3, -0.25) is 0 Å². The van der Waals surface area contributed by atoms with Crippen molar-refractivity contribution in [1.82, 2.24) is 10.6 Å². The van der Waals surface area contributed by atoms with Crippen LogP contribution in [-0.4, -0.2) is 44.0 Å². The van der Waals surface area contributed by atoms with Crippen molar-refractivity contribution in [3.05, 3.63) is 0 Å². The Hall–Kier alpha value is -0.810. The van der Waals surface area contributed by atoms with E-state index < -0.39 is 5.60 Å². The lowest BCUT2D eigenvalue weighted by Gasteiger charge is -2.32. The van der Waals surface area contributed by atoms with Crippen LogP contribution < -0.4 is 10.6 Å². The van der Waals surface area contributed by atoms with Gasteiger partial charge in [0.15, 0.2) is 0 Å². The SMILES string of the molecule is CO[C@H]1CCNC[C@H]1NC(=O)OC(C)(C)C. The average molecular weight is 230 g/mol. The predicted molar refractivity (Wildman–Crippen MR) is 61.4 cm³/mol. The molecule has 0 radical (unpaired) electrons. The van der Waals surface area contributed by atoms with Gasteiger partial charge in [0.2, 0.25) is 0 Å². The van der Waals surface area contributed by atoms with E-state index in [4.69, 9.17) is 9.47 Å². The summed E-state index contributed by atoms with van der Waals surface area (Å²) in [7, 11) is 1.67. The van der Waals surface area contributed by atoms with Gasteiger partial charge in [0, 0.05) is 13.7 Å². The van der Waals surface area contributed by atoms with E-state index in [0.29, 0.717) is 0 Å². The van der Waals surface area contributed by atoms with Crippen LogP contribution in [0.2, 0.25) is 0 Å². The van der Waals surface area contributed by atoms with Gasteiger partial charge in [-0.15, -0.1) is 0 Å². The van der Waals surface area contributed by atoms with Gasteiger partial charge in [-0.05, 0) is 33.7 Å². The van der Waals surface area contributed by atoms with Crippen molar-refractivity contribution < 1.29 is 14.3 Å². The molecule has 0 unspecified atom stereocenters. The third-order valence-electron chi connectivity index (χ3n) is 2.42. The Labute approximate surface area is 96.9 Å². The van der Waals surface area contributed by atoms with Crippen LogP contribution in [0.4, 0.5) is 4.79 Å². The summed E-state index contributed by atoms with van der Waals surface area (Å²) in [6.07, 6.45) is 0.578. The van der Waals surface area contributed by atoms with Crippen molar-refractivity contribution >= 4 is 6.09 Å². The van der Waals surface area contributed by atoms with Crippen molar-refractivity contribution in [1.29, 1.82) is 0 Å². The normalized spacial score (nSPS) is 26.2. The van der Waals surface area contributed by atoms with Gasteiger partial charge < -0.3 is 20.1 Å². The van der Waals surface area contributed by atoms with E-state index in [1.54, 1.807) is 7.11 Å². The third kappa shape index (κ3) is 4.37. The zero-order valence-corrected chi connectivity index (χ0v) is 10.5. The van der Waals surface area contributed by atoms with Gasteiger partial charge in [-0.25, -0.2) is 4.79 Å². The highest BCUT2D eigenvalue weighted by atomic mass is 16.6. The van der Waals surface area contributed by atoms with Crippen LogP contribution in [0.15, 0.2) is 0 Å². The zero-order valence-electron chi connectivity index (χ0n) is 10.5. The Balaban J connectivity index is 2.42. The maximum absolute atomic E-state index is 11.6. The summed E-state index contributed by atoms with van der Waals surface area (Å²) in [5, 5.41) is 6.04. The van der Waals surface area contributed by atoms with Crippen molar-refractivity contribution in [2.24, 2.45) is 0 Å². The summed E-state index contributed by atoms with van der Waals surface area (Å²) in [4.78, 5) is 11.6. The number of piperidine rings is 1. The Morgan fingerprint density at radius 2 is 2.12 bits per heavy atom. The van der Waals surface area contributed by atoms with Crippen LogP contribution in [0.3, 0.4) is 0 Å². The number of alkyl carbamates (subject to hydrolysis) is 1. The van der Waals surface area contributed by atoms with E-state index in [2.05, 4.69) is 10.6 Å². The van der Waals surface area contributed by atoms with Crippen LogP contribution in [0.5, 0.6) is 0 Å². The highest BCUT2D eigenvalue weighted by Crippen LogP contribution is 2.10.